The highest BCUT2D eigenvalue weighted by Crippen LogP contribution is 2.30. The standard InChI is InChI=1S/C14H19FN2O2S/c1-10-4-5-12(15)7-14(10)20(18,19)17-8-11-3-2-6-16-13(11)9-17/h4-5,7,11,13,16H,2-3,6,8-9H2,1H3. The number of hydrogen-bond donors (Lipinski definition) is 1. The lowest BCUT2D eigenvalue weighted by Crippen LogP contribution is -2.41. The number of rotatable bonds is 2. The zero-order valence-electron chi connectivity index (χ0n) is 11.5. The largest absolute Gasteiger partial charge is 0.312 e. The maximum Gasteiger partial charge on any atom is 0.243 e. The van der Waals surface area contributed by atoms with E-state index in [0.717, 1.165) is 25.5 Å². The lowest BCUT2D eigenvalue weighted by Gasteiger charge is -2.24. The second kappa shape index (κ2) is 5.09. The molecule has 2 atom stereocenters. The van der Waals surface area contributed by atoms with Gasteiger partial charge in [0.25, 0.3) is 0 Å². The molecule has 2 aliphatic heterocycles. The van der Waals surface area contributed by atoms with Crippen LogP contribution >= 0.6 is 0 Å². The monoisotopic (exact) mass is 298 g/mol. The van der Waals surface area contributed by atoms with Crippen molar-refractivity contribution in [3.63, 3.8) is 0 Å². The Kier molecular flexibility index (Phi) is 3.56. The summed E-state index contributed by atoms with van der Waals surface area (Å²) in [5.41, 5.74) is 0.592. The lowest BCUT2D eigenvalue weighted by molar-refractivity contribution is 0.339. The first kappa shape index (κ1) is 14.0. The van der Waals surface area contributed by atoms with Gasteiger partial charge >= 0.3 is 0 Å². The number of nitrogens with one attached hydrogen (secondary N) is 1. The molecule has 0 radical (unpaired) electrons. The molecule has 20 heavy (non-hydrogen) atoms. The van der Waals surface area contributed by atoms with E-state index in [2.05, 4.69) is 5.32 Å². The minimum atomic E-state index is -3.60. The van der Waals surface area contributed by atoms with E-state index in [-0.39, 0.29) is 10.9 Å². The molecule has 1 aromatic rings. The summed E-state index contributed by atoms with van der Waals surface area (Å²) in [4.78, 5) is 0.0937. The van der Waals surface area contributed by atoms with E-state index in [1.54, 1.807) is 6.92 Å². The quantitative estimate of drug-likeness (QED) is 0.900. The number of piperidine rings is 1. The Hall–Kier alpha value is -0.980. The van der Waals surface area contributed by atoms with Crippen LogP contribution in [-0.2, 0) is 10.0 Å². The molecule has 0 spiro atoms. The highest BCUT2D eigenvalue weighted by molar-refractivity contribution is 7.89. The first-order valence-electron chi connectivity index (χ1n) is 6.98. The summed E-state index contributed by atoms with van der Waals surface area (Å²) in [5, 5.41) is 3.38. The van der Waals surface area contributed by atoms with Crippen LogP contribution in [-0.4, -0.2) is 38.4 Å². The van der Waals surface area contributed by atoms with Crippen molar-refractivity contribution in [2.24, 2.45) is 5.92 Å². The summed E-state index contributed by atoms with van der Waals surface area (Å²) in [5.74, 6) is -0.128. The molecule has 0 aromatic heterocycles. The van der Waals surface area contributed by atoms with Crippen molar-refractivity contribution < 1.29 is 12.8 Å². The van der Waals surface area contributed by atoms with E-state index in [0.29, 0.717) is 24.6 Å². The number of fused-ring (bicyclic) bond motifs is 1. The Bertz CT molecular complexity index is 604. The average molecular weight is 298 g/mol. The van der Waals surface area contributed by atoms with Gasteiger partial charge in [0.15, 0.2) is 0 Å². The van der Waals surface area contributed by atoms with E-state index in [4.69, 9.17) is 0 Å². The Morgan fingerprint density at radius 3 is 2.90 bits per heavy atom. The zero-order chi connectivity index (χ0) is 14.3. The predicted molar refractivity (Wildman–Crippen MR) is 74.4 cm³/mol. The molecule has 0 aliphatic carbocycles. The maximum absolute atomic E-state index is 13.4. The zero-order valence-corrected chi connectivity index (χ0v) is 12.3. The van der Waals surface area contributed by atoms with E-state index in [1.165, 1.54) is 16.4 Å². The Labute approximate surface area is 119 Å². The van der Waals surface area contributed by atoms with Gasteiger partial charge in [-0.2, -0.15) is 4.31 Å². The van der Waals surface area contributed by atoms with Crippen molar-refractivity contribution in [3.05, 3.63) is 29.6 Å². The van der Waals surface area contributed by atoms with Gasteiger partial charge in [-0.05, 0) is 49.9 Å². The van der Waals surface area contributed by atoms with E-state index in [1.807, 2.05) is 0 Å². The van der Waals surface area contributed by atoms with Gasteiger partial charge in [-0.3, -0.25) is 0 Å². The van der Waals surface area contributed by atoms with Crippen LogP contribution < -0.4 is 5.32 Å². The van der Waals surface area contributed by atoms with Crippen molar-refractivity contribution in [3.8, 4) is 0 Å². The molecule has 0 amide bonds. The number of aryl methyl sites for hydroxylation is 1. The molecule has 2 aliphatic rings. The van der Waals surface area contributed by atoms with Crippen LogP contribution in [0, 0.1) is 18.7 Å². The van der Waals surface area contributed by atoms with Crippen LogP contribution in [0.4, 0.5) is 4.39 Å². The van der Waals surface area contributed by atoms with Crippen LogP contribution in [0.3, 0.4) is 0 Å². The number of benzene rings is 1. The van der Waals surface area contributed by atoms with E-state index in [9.17, 15) is 12.8 Å². The van der Waals surface area contributed by atoms with Crippen molar-refractivity contribution >= 4 is 10.0 Å². The highest BCUT2D eigenvalue weighted by atomic mass is 32.2. The van der Waals surface area contributed by atoms with Gasteiger partial charge in [-0.25, -0.2) is 12.8 Å². The molecule has 2 fully saturated rings. The molecule has 3 rings (SSSR count). The molecular formula is C14H19FN2O2S. The summed E-state index contributed by atoms with van der Waals surface area (Å²) in [6.45, 7) is 3.68. The van der Waals surface area contributed by atoms with Crippen LogP contribution in [0.15, 0.2) is 23.1 Å². The number of sulfonamides is 1. The minimum Gasteiger partial charge on any atom is -0.312 e. The molecule has 4 nitrogen and oxygen atoms in total. The van der Waals surface area contributed by atoms with Gasteiger partial charge in [-0.1, -0.05) is 6.07 Å². The van der Waals surface area contributed by atoms with Crippen LogP contribution in [0.2, 0.25) is 0 Å². The summed E-state index contributed by atoms with van der Waals surface area (Å²) in [7, 11) is -3.60. The molecule has 1 N–H and O–H groups in total. The fourth-order valence-electron chi connectivity index (χ4n) is 3.19. The second-order valence-corrected chi connectivity index (χ2v) is 7.60. The number of nitrogens with zero attached hydrogens (tertiary/aromatic N) is 1. The molecule has 6 heteroatoms. The first-order valence-corrected chi connectivity index (χ1v) is 8.42. The highest BCUT2D eigenvalue weighted by Gasteiger charge is 2.40. The lowest BCUT2D eigenvalue weighted by atomic mass is 9.94. The van der Waals surface area contributed by atoms with Crippen LogP contribution in [0.5, 0.6) is 0 Å². The molecule has 2 unspecified atom stereocenters. The Balaban J connectivity index is 1.91. The first-order chi connectivity index (χ1) is 9.48. The molecule has 110 valence electrons. The smallest absolute Gasteiger partial charge is 0.243 e. The van der Waals surface area contributed by atoms with Crippen molar-refractivity contribution in [1.82, 2.24) is 9.62 Å². The van der Waals surface area contributed by atoms with Gasteiger partial charge in [0.05, 0.1) is 4.90 Å². The van der Waals surface area contributed by atoms with Gasteiger partial charge in [0.2, 0.25) is 10.0 Å². The molecule has 0 bridgehead atoms. The van der Waals surface area contributed by atoms with Gasteiger partial charge < -0.3 is 5.32 Å². The Morgan fingerprint density at radius 1 is 1.35 bits per heavy atom. The number of halogens is 1. The summed E-state index contributed by atoms with van der Waals surface area (Å²) < 4.78 is 40.2. The molecular weight excluding hydrogens is 279 g/mol. The van der Waals surface area contributed by atoms with Gasteiger partial charge in [0, 0.05) is 19.1 Å². The SMILES string of the molecule is Cc1ccc(F)cc1S(=O)(=O)N1CC2CCCNC2C1. The third kappa shape index (κ3) is 2.36. The second-order valence-electron chi connectivity index (χ2n) is 5.69. The topological polar surface area (TPSA) is 49.4 Å². The van der Waals surface area contributed by atoms with E-state index >= 15 is 0 Å². The van der Waals surface area contributed by atoms with Gasteiger partial charge in [0.1, 0.15) is 5.82 Å². The molecule has 2 heterocycles. The summed E-state index contributed by atoms with van der Waals surface area (Å²) >= 11 is 0. The Morgan fingerprint density at radius 2 is 2.15 bits per heavy atom. The maximum atomic E-state index is 13.4. The average Bonchev–Trinajstić information content (AvgIpc) is 2.86. The van der Waals surface area contributed by atoms with Crippen LogP contribution in [0.25, 0.3) is 0 Å². The van der Waals surface area contributed by atoms with Crippen molar-refractivity contribution in [1.29, 1.82) is 0 Å². The normalized spacial score (nSPS) is 27.5. The number of hydrogen-bond acceptors (Lipinski definition) is 3. The summed E-state index contributed by atoms with van der Waals surface area (Å²) in [6, 6.07) is 4.18. The third-order valence-electron chi connectivity index (χ3n) is 4.33. The molecule has 0 saturated carbocycles. The summed E-state index contributed by atoms with van der Waals surface area (Å²) in [6.07, 6.45) is 2.15. The van der Waals surface area contributed by atoms with Crippen molar-refractivity contribution in [2.75, 3.05) is 19.6 Å². The molecule has 2 saturated heterocycles. The predicted octanol–water partition coefficient (Wildman–Crippen LogP) is 1.51. The minimum absolute atomic E-state index is 0.0937. The molecule has 1 aromatic carbocycles. The fraction of sp³-hybridized carbons (Fsp3) is 0.571. The van der Waals surface area contributed by atoms with Crippen molar-refractivity contribution in [2.45, 2.75) is 30.7 Å². The van der Waals surface area contributed by atoms with Gasteiger partial charge in [-0.15, -0.1) is 0 Å². The fourth-order valence-corrected chi connectivity index (χ4v) is 4.95. The van der Waals surface area contributed by atoms with E-state index < -0.39 is 15.8 Å². The van der Waals surface area contributed by atoms with Crippen LogP contribution in [0.1, 0.15) is 18.4 Å². The third-order valence-corrected chi connectivity index (χ3v) is 6.31.